The molecule has 5 atom stereocenters. The lowest BCUT2D eigenvalue weighted by atomic mass is 10.00. The molecule has 1 aromatic rings. The number of methoxy groups -OCH3 is 2. The molecule has 12 nitrogen and oxygen atoms in total. The van der Waals surface area contributed by atoms with E-state index in [0.29, 0.717) is 31.6 Å². The number of esters is 2. The number of aliphatic hydroxyl groups is 1. The van der Waals surface area contributed by atoms with Gasteiger partial charge in [0.05, 0.1) is 14.2 Å². The molecule has 2 unspecified atom stereocenters. The van der Waals surface area contributed by atoms with Gasteiger partial charge in [-0.3, -0.25) is 19.2 Å². The third kappa shape index (κ3) is 9.43. The molecular formula is C30H45N3O9. The van der Waals surface area contributed by atoms with Gasteiger partial charge in [-0.05, 0) is 63.1 Å². The fourth-order valence-electron chi connectivity index (χ4n) is 4.92. The Kier molecular flexibility index (Phi) is 13.2. The van der Waals surface area contributed by atoms with E-state index in [4.69, 9.17) is 14.2 Å². The van der Waals surface area contributed by atoms with Gasteiger partial charge in [-0.2, -0.15) is 0 Å². The fraction of sp³-hybridized carbons (Fsp3) is 0.633. The summed E-state index contributed by atoms with van der Waals surface area (Å²) in [5.74, 6) is -2.27. The topological polar surface area (TPSA) is 152 Å². The Morgan fingerprint density at radius 3 is 2.26 bits per heavy atom. The Morgan fingerprint density at radius 2 is 1.71 bits per heavy atom. The third-order valence-corrected chi connectivity index (χ3v) is 7.31. The lowest BCUT2D eigenvalue weighted by Gasteiger charge is -2.34. The molecule has 3 amide bonds. The van der Waals surface area contributed by atoms with Crippen LogP contribution in [0.2, 0.25) is 0 Å². The predicted octanol–water partition coefficient (Wildman–Crippen LogP) is 1.46. The summed E-state index contributed by atoms with van der Waals surface area (Å²) < 4.78 is 15.5. The largest absolute Gasteiger partial charge is 0.497 e. The number of carbonyl (C=O) groups is 5. The minimum atomic E-state index is -1.31. The molecular weight excluding hydrogens is 546 g/mol. The van der Waals surface area contributed by atoms with Gasteiger partial charge in [0.25, 0.3) is 5.91 Å². The van der Waals surface area contributed by atoms with Crippen molar-refractivity contribution in [3.05, 3.63) is 29.8 Å². The molecule has 234 valence electrons. The van der Waals surface area contributed by atoms with Crippen molar-refractivity contribution in [1.29, 1.82) is 0 Å². The maximum Gasteiger partial charge on any atom is 0.332 e. The highest BCUT2D eigenvalue weighted by molar-refractivity contribution is 5.94. The molecule has 0 spiro atoms. The summed E-state index contributed by atoms with van der Waals surface area (Å²) in [7, 11) is 4.21. The molecule has 0 radical (unpaired) electrons. The van der Waals surface area contributed by atoms with E-state index in [2.05, 4.69) is 5.32 Å². The average Bonchev–Trinajstić information content (AvgIpc) is 3.45. The smallest absolute Gasteiger partial charge is 0.332 e. The first-order valence-electron chi connectivity index (χ1n) is 14.3. The third-order valence-electron chi connectivity index (χ3n) is 7.31. The number of benzene rings is 1. The molecule has 1 aliphatic heterocycles. The van der Waals surface area contributed by atoms with E-state index in [1.807, 2.05) is 26.0 Å². The number of ether oxygens (including phenoxy) is 3. The summed E-state index contributed by atoms with van der Waals surface area (Å²) in [6.07, 6.45) is -0.575. The minimum Gasteiger partial charge on any atom is -0.497 e. The minimum absolute atomic E-state index is 0.000408. The summed E-state index contributed by atoms with van der Waals surface area (Å²) in [5.41, 5.74) is 0.901. The zero-order valence-electron chi connectivity index (χ0n) is 25.6. The second-order valence-corrected chi connectivity index (χ2v) is 11.0. The van der Waals surface area contributed by atoms with Crippen molar-refractivity contribution in [2.45, 2.75) is 90.1 Å². The normalized spacial score (nSPS) is 17.5. The highest BCUT2D eigenvalue weighted by atomic mass is 16.6. The number of hydrogen-bond donors (Lipinski definition) is 2. The van der Waals surface area contributed by atoms with E-state index in [0.717, 1.165) is 12.7 Å². The molecule has 1 fully saturated rings. The van der Waals surface area contributed by atoms with Crippen LogP contribution in [0.3, 0.4) is 0 Å². The van der Waals surface area contributed by atoms with Gasteiger partial charge in [-0.15, -0.1) is 0 Å². The van der Waals surface area contributed by atoms with Gasteiger partial charge >= 0.3 is 11.9 Å². The van der Waals surface area contributed by atoms with Crippen LogP contribution >= 0.6 is 0 Å². The van der Waals surface area contributed by atoms with E-state index in [1.165, 1.54) is 30.7 Å². The van der Waals surface area contributed by atoms with Crippen LogP contribution in [0, 0.1) is 5.92 Å². The zero-order chi connectivity index (χ0) is 31.6. The monoisotopic (exact) mass is 591 g/mol. The van der Waals surface area contributed by atoms with E-state index in [-0.39, 0.29) is 18.8 Å². The Morgan fingerprint density at radius 1 is 1.07 bits per heavy atom. The maximum atomic E-state index is 13.6. The van der Waals surface area contributed by atoms with E-state index in [9.17, 15) is 29.1 Å². The molecule has 1 aliphatic rings. The first-order valence-corrected chi connectivity index (χ1v) is 14.3. The van der Waals surface area contributed by atoms with Gasteiger partial charge in [0, 0.05) is 20.0 Å². The second kappa shape index (κ2) is 16.1. The van der Waals surface area contributed by atoms with E-state index < -0.39 is 60.0 Å². The van der Waals surface area contributed by atoms with Crippen molar-refractivity contribution < 1.29 is 43.3 Å². The number of nitrogens with one attached hydrogen (secondary N) is 1. The van der Waals surface area contributed by atoms with E-state index >= 15 is 0 Å². The Hall–Kier alpha value is -3.67. The lowest BCUT2D eigenvalue weighted by molar-refractivity contribution is -0.158. The number of amides is 3. The van der Waals surface area contributed by atoms with Gasteiger partial charge in [-0.1, -0.05) is 26.0 Å². The van der Waals surface area contributed by atoms with Crippen molar-refractivity contribution >= 4 is 29.7 Å². The van der Waals surface area contributed by atoms with Crippen LogP contribution in [0.5, 0.6) is 5.75 Å². The summed E-state index contributed by atoms with van der Waals surface area (Å²) in [6.45, 7) is 6.95. The first-order chi connectivity index (χ1) is 19.8. The van der Waals surface area contributed by atoms with Gasteiger partial charge in [0.15, 0.2) is 6.04 Å². The molecule has 0 aliphatic carbocycles. The highest BCUT2D eigenvalue weighted by Crippen LogP contribution is 2.23. The molecule has 2 N–H and O–H groups in total. The lowest BCUT2D eigenvalue weighted by Crippen LogP contribution is -2.58. The number of hydrogen-bond acceptors (Lipinski definition) is 9. The highest BCUT2D eigenvalue weighted by Gasteiger charge is 2.41. The zero-order valence-corrected chi connectivity index (χ0v) is 25.6. The van der Waals surface area contributed by atoms with Crippen LogP contribution in [0.4, 0.5) is 0 Å². The standard InChI is InChI=1S/C30H45N3O9/c1-18(2)17-24(32(5)29(38)23-9-8-16-33(23)28(37)19(3)34)27(36)31-26(30(39)41-7)20(4)42-25(35)15-12-21-10-13-22(40-6)14-11-21/h10-11,13-14,18-20,23-24,26,34H,8-9,12,15-17H2,1-7H3,(H,31,36)/t19?,20?,23-,24+,26-/m0/s1. The van der Waals surface area contributed by atoms with Crippen molar-refractivity contribution in [1.82, 2.24) is 15.1 Å². The summed E-state index contributed by atoms with van der Waals surface area (Å²) in [5, 5.41) is 12.4. The Labute approximate surface area is 247 Å². The van der Waals surface area contributed by atoms with Gasteiger partial charge in [-0.25, -0.2) is 4.79 Å². The van der Waals surface area contributed by atoms with Gasteiger partial charge < -0.3 is 34.4 Å². The number of likely N-dealkylation sites (N-methyl/N-ethyl adjacent to an activating group) is 1. The first kappa shape index (κ1) is 34.5. The van der Waals surface area contributed by atoms with Crippen molar-refractivity contribution in [3.63, 3.8) is 0 Å². The van der Waals surface area contributed by atoms with Crippen LogP contribution in [-0.2, 0) is 39.9 Å². The molecule has 1 heterocycles. The molecule has 0 saturated carbocycles. The molecule has 0 bridgehead atoms. The van der Waals surface area contributed by atoms with Gasteiger partial charge in [0.2, 0.25) is 11.8 Å². The van der Waals surface area contributed by atoms with Crippen LogP contribution in [0.25, 0.3) is 0 Å². The summed E-state index contributed by atoms with van der Waals surface area (Å²) in [4.78, 5) is 67.4. The van der Waals surface area contributed by atoms with E-state index in [1.54, 1.807) is 19.2 Å². The number of likely N-dealkylation sites (tertiary alicyclic amines) is 1. The number of aliphatic hydroxyl groups excluding tert-OH is 1. The molecule has 0 aromatic heterocycles. The number of rotatable bonds is 14. The van der Waals surface area contributed by atoms with Crippen LogP contribution in [-0.4, -0.2) is 103 Å². The Balaban J connectivity index is 2.13. The fourth-order valence-corrected chi connectivity index (χ4v) is 4.92. The SMILES string of the molecule is COC(=O)[C@@H](NC(=O)[C@@H](CC(C)C)N(C)C(=O)[C@@H]1CCCN1C(=O)C(C)O)C(C)OC(=O)CCc1ccc(OC)cc1. The van der Waals surface area contributed by atoms with Gasteiger partial charge in [0.1, 0.15) is 30.0 Å². The molecule has 1 saturated heterocycles. The molecule has 2 rings (SSSR count). The number of carbonyl (C=O) groups excluding carboxylic acids is 5. The molecule has 12 heteroatoms. The van der Waals surface area contributed by atoms with Crippen LogP contribution < -0.4 is 10.1 Å². The van der Waals surface area contributed by atoms with Crippen molar-refractivity contribution in [2.24, 2.45) is 5.92 Å². The Bertz CT molecular complexity index is 1090. The second-order valence-electron chi connectivity index (χ2n) is 11.0. The summed E-state index contributed by atoms with van der Waals surface area (Å²) in [6, 6.07) is 4.15. The van der Waals surface area contributed by atoms with Crippen molar-refractivity contribution in [2.75, 3.05) is 27.8 Å². The molecule has 1 aromatic carbocycles. The van der Waals surface area contributed by atoms with Crippen LogP contribution in [0.15, 0.2) is 24.3 Å². The quantitative estimate of drug-likeness (QED) is 0.306. The number of aryl methyl sites for hydroxylation is 1. The predicted molar refractivity (Wildman–Crippen MR) is 153 cm³/mol. The molecule has 42 heavy (non-hydrogen) atoms. The van der Waals surface area contributed by atoms with Crippen molar-refractivity contribution in [3.8, 4) is 5.75 Å². The number of nitrogens with zero attached hydrogens (tertiary/aromatic N) is 2. The maximum absolute atomic E-state index is 13.6. The summed E-state index contributed by atoms with van der Waals surface area (Å²) >= 11 is 0. The van der Waals surface area contributed by atoms with Crippen LogP contribution in [0.1, 0.15) is 58.9 Å². The average molecular weight is 592 g/mol.